The zero-order chi connectivity index (χ0) is 15.6. The number of rotatable bonds is 5. The van der Waals surface area contributed by atoms with E-state index in [0.29, 0.717) is 0 Å². The molecule has 1 aromatic carbocycles. The first-order valence-electron chi connectivity index (χ1n) is 6.97. The highest BCUT2D eigenvalue weighted by molar-refractivity contribution is 5.92. The highest BCUT2D eigenvalue weighted by Gasteiger charge is 2.29. The van der Waals surface area contributed by atoms with Crippen molar-refractivity contribution in [2.45, 2.75) is 39.2 Å². The molecule has 0 atom stereocenters. The van der Waals surface area contributed by atoms with Gasteiger partial charge in [0.2, 0.25) is 5.91 Å². The van der Waals surface area contributed by atoms with Crippen LogP contribution < -0.4 is 5.32 Å². The molecule has 0 saturated heterocycles. The van der Waals surface area contributed by atoms with E-state index in [1.165, 1.54) is 19.4 Å². The molecule has 0 aliphatic heterocycles. The zero-order valence-electron chi connectivity index (χ0n) is 12.5. The summed E-state index contributed by atoms with van der Waals surface area (Å²) in [4.78, 5) is 26.3. The molecule has 3 N–H and O–H groups in total. The van der Waals surface area contributed by atoms with Gasteiger partial charge in [0.25, 0.3) is 0 Å². The Hall–Kier alpha value is -2.30. The summed E-state index contributed by atoms with van der Waals surface area (Å²) in [6, 6.07) is 5.99. The molecule has 0 bridgehead atoms. The first-order valence-corrected chi connectivity index (χ1v) is 6.97. The number of carboxylic acids is 1. The van der Waals surface area contributed by atoms with Gasteiger partial charge in [0, 0.05) is 17.1 Å². The molecule has 0 spiro atoms. The van der Waals surface area contributed by atoms with Gasteiger partial charge < -0.3 is 15.4 Å². The number of aromatic nitrogens is 1. The topological polar surface area (TPSA) is 82.2 Å². The number of aryl methyl sites for hydroxylation is 1. The lowest BCUT2D eigenvalue weighted by molar-refractivity contribution is -0.145. The summed E-state index contributed by atoms with van der Waals surface area (Å²) in [5.41, 5.74) is 1.85. The van der Waals surface area contributed by atoms with Crippen molar-refractivity contribution in [2.24, 2.45) is 0 Å². The highest BCUT2D eigenvalue weighted by atomic mass is 16.4. The minimum absolute atomic E-state index is 0.157. The summed E-state index contributed by atoms with van der Waals surface area (Å²) < 4.78 is 0. The average molecular weight is 288 g/mol. The van der Waals surface area contributed by atoms with E-state index in [4.69, 9.17) is 5.11 Å². The number of hydrogen-bond acceptors (Lipinski definition) is 2. The zero-order valence-corrected chi connectivity index (χ0v) is 12.5. The van der Waals surface area contributed by atoms with Gasteiger partial charge >= 0.3 is 5.97 Å². The van der Waals surface area contributed by atoms with E-state index in [1.54, 1.807) is 0 Å². The number of carbonyl (C=O) groups excluding carboxylic acids is 1. The van der Waals surface area contributed by atoms with E-state index in [2.05, 4.69) is 23.3 Å². The van der Waals surface area contributed by atoms with Crippen molar-refractivity contribution < 1.29 is 14.7 Å². The van der Waals surface area contributed by atoms with Crippen molar-refractivity contribution in [1.82, 2.24) is 10.3 Å². The molecular weight excluding hydrogens is 268 g/mol. The maximum absolute atomic E-state index is 12.0. The van der Waals surface area contributed by atoms with E-state index < -0.39 is 11.5 Å². The first-order chi connectivity index (χ1) is 9.85. The van der Waals surface area contributed by atoms with Crippen LogP contribution in [0, 0.1) is 0 Å². The maximum atomic E-state index is 12.0. The van der Waals surface area contributed by atoms with Gasteiger partial charge in [-0.1, -0.05) is 25.1 Å². The number of aromatic amines is 1. The van der Waals surface area contributed by atoms with Crippen molar-refractivity contribution >= 4 is 22.8 Å². The Labute approximate surface area is 123 Å². The van der Waals surface area contributed by atoms with Gasteiger partial charge in [-0.25, -0.2) is 4.79 Å². The van der Waals surface area contributed by atoms with Gasteiger partial charge in [-0.2, -0.15) is 0 Å². The van der Waals surface area contributed by atoms with E-state index >= 15 is 0 Å². The smallest absolute Gasteiger partial charge is 0.328 e. The molecule has 112 valence electrons. The number of carboxylic acid groups (broad SMARTS) is 1. The fourth-order valence-electron chi connectivity index (χ4n) is 2.34. The van der Waals surface area contributed by atoms with E-state index in [0.717, 1.165) is 22.9 Å². The predicted octanol–water partition coefficient (Wildman–Crippen LogP) is 2.25. The van der Waals surface area contributed by atoms with Gasteiger partial charge in [0.1, 0.15) is 5.54 Å². The van der Waals surface area contributed by atoms with Crippen LogP contribution in [0.25, 0.3) is 10.9 Å². The average Bonchev–Trinajstić information content (AvgIpc) is 2.81. The Kier molecular flexibility index (Phi) is 4.02. The second-order valence-electron chi connectivity index (χ2n) is 5.66. The minimum atomic E-state index is -1.27. The third-order valence-corrected chi connectivity index (χ3v) is 3.61. The molecule has 21 heavy (non-hydrogen) atoms. The number of H-pyrrole nitrogens is 1. The van der Waals surface area contributed by atoms with Gasteiger partial charge in [0.15, 0.2) is 0 Å². The Morgan fingerprint density at radius 1 is 1.29 bits per heavy atom. The Bertz CT molecular complexity index is 686. The summed E-state index contributed by atoms with van der Waals surface area (Å²) in [6.45, 7) is 5.02. The summed E-state index contributed by atoms with van der Waals surface area (Å²) in [5.74, 6) is -1.35. The number of para-hydroxylation sites is 1. The molecule has 2 rings (SSSR count). The van der Waals surface area contributed by atoms with Crippen LogP contribution in [0.4, 0.5) is 0 Å². The fourth-order valence-corrected chi connectivity index (χ4v) is 2.34. The van der Waals surface area contributed by atoms with Crippen LogP contribution >= 0.6 is 0 Å². The SMILES string of the molecule is CCc1cccc2c(CC(=O)NC(C)(C)C(=O)O)c[nH]c12. The van der Waals surface area contributed by atoms with Crippen LogP contribution in [0.15, 0.2) is 24.4 Å². The molecule has 0 radical (unpaired) electrons. The van der Waals surface area contributed by atoms with Crippen LogP contribution in [0.1, 0.15) is 31.9 Å². The predicted molar refractivity (Wildman–Crippen MR) is 81.2 cm³/mol. The number of nitrogens with one attached hydrogen (secondary N) is 2. The minimum Gasteiger partial charge on any atom is -0.480 e. The molecule has 0 aliphatic rings. The lowest BCUT2D eigenvalue weighted by Gasteiger charge is -2.20. The third kappa shape index (κ3) is 3.07. The van der Waals surface area contributed by atoms with Crippen molar-refractivity contribution in [3.8, 4) is 0 Å². The molecular formula is C16H20N2O3. The van der Waals surface area contributed by atoms with Gasteiger partial charge in [-0.15, -0.1) is 0 Å². The van der Waals surface area contributed by atoms with Crippen LogP contribution in [0.3, 0.4) is 0 Å². The van der Waals surface area contributed by atoms with E-state index in [9.17, 15) is 9.59 Å². The third-order valence-electron chi connectivity index (χ3n) is 3.61. The summed E-state index contributed by atoms with van der Waals surface area (Å²) in [7, 11) is 0. The second kappa shape index (κ2) is 5.60. The van der Waals surface area contributed by atoms with Crippen LogP contribution in [-0.4, -0.2) is 27.5 Å². The normalized spacial score (nSPS) is 11.6. The molecule has 2 aromatic rings. The molecule has 0 saturated carbocycles. The number of fused-ring (bicyclic) bond motifs is 1. The molecule has 0 fully saturated rings. The molecule has 1 heterocycles. The van der Waals surface area contributed by atoms with E-state index in [1.807, 2.05) is 18.3 Å². The van der Waals surface area contributed by atoms with Crippen LogP contribution in [0.5, 0.6) is 0 Å². The summed E-state index contributed by atoms with van der Waals surface area (Å²) >= 11 is 0. The summed E-state index contributed by atoms with van der Waals surface area (Å²) in [5, 5.41) is 12.6. The maximum Gasteiger partial charge on any atom is 0.328 e. The van der Waals surface area contributed by atoms with Gasteiger partial charge in [-0.05, 0) is 31.4 Å². The quantitative estimate of drug-likeness (QED) is 0.789. The standard InChI is InChI=1S/C16H20N2O3/c1-4-10-6-5-7-12-11(9-17-14(10)12)8-13(19)18-16(2,3)15(20)21/h5-7,9,17H,4,8H2,1-3H3,(H,18,19)(H,20,21). The Morgan fingerprint density at radius 3 is 2.62 bits per heavy atom. The second-order valence-corrected chi connectivity index (χ2v) is 5.66. The number of hydrogen-bond donors (Lipinski definition) is 3. The Balaban J connectivity index is 2.21. The Morgan fingerprint density at radius 2 is 2.00 bits per heavy atom. The monoisotopic (exact) mass is 288 g/mol. The van der Waals surface area contributed by atoms with Crippen molar-refractivity contribution in [1.29, 1.82) is 0 Å². The first kappa shape index (κ1) is 15.1. The number of amides is 1. The van der Waals surface area contributed by atoms with Gasteiger partial charge in [0.05, 0.1) is 6.42 Å². The molecule has 0 aliphatic carbocycles. The molecule has 0 unspecified atom stereocenters. The largest absolute Gasteiger partial charge is 0.480 e. The summed E-state index contributed by atoms with van der Waals surface area (Å²) in [6.07, 6.45) is 2.89. The number of carbonyl (C=O) groups is 2. The van der Waals surface area contributed by atoms with Gasteiger partial charge in [-0.3, -0.25) is 4.79 Å². The molecule has 1 aromatic heterocycles. The molecule has 5 nitrogen and oxygen atoms in total. The van der Waals surface area contributed by atoms with Crippen molar-refractivity contribution in [2.75, 3.05) is 0 Å². The van der Waals surface area contributed by atoms with Crippen LogP contribution in [0.2, 0.25) is 0 Å². The molecule has 5 heteroatoms. The fraction of sp³-hybridized carbons (Fsp3) is 0.375. The van der Waals surface area contributed by atoms with E-state index in [-0.39, 0.29) is 12.3 Å². The molecule has 1 amide bonds. The van der Waals surface area contributed by atoms with Crippen molar-refractivity contribution in [3.05, 3.63) is 35.5 Å². The highest BCUT2D eigenvalue weighted by Crippen LogP contribution is 2.22. The lowest BCUT2D eigenvalue weighted by atomic mass is 10.0. The number of benzene rings is 1. The van der Waals surface area contributed by atoms with Crippen molar-refractivity contribution in [3.63, 3.8) is 0 Å². The number of aliphatic carboxylic acids is 1. The van der Waals surface area contributed by atoms with Crippen LogP contribution in [-0.2, 0) is 22.4 Å². The lowest BCUT2D eigenvalue weighted by Crippen LogP contribution is -2.50.